The topological polar surface area (TPSA) is 64.7 Å². The van der Waals surface area contributed by atoms with E-state index >= 15 is 0 Å². The minimum Gasteiger partial charge on any atom is -0.383 e. The Kier molecular flexibility index (Phi) is 2.37. The van der Waals surface area contributed by atoms with Crippen LogP contribution in [0.1, 0.15) is 18.3 Å². The van der Waals surface area contributed by atoms with Crippen LogP contribution in [0.3, 0.4) is 0 Å². The molecule has 4 heteroatoms. The van der Waals surface area contributed by atoms with Gasteiger partial charge in [0.15, 0.2) is 5.65 Å². The number of fused-ring (bicyclic) bond motifs is 2. The van der Waals surface area contributed by atoms with Crippen LogP contribution in [0.2, 0.25) is 0 Å². The lowest BCUT2D eigenvalue weighted by molar-refractivity contribution is 0.960. The largest absolute Gasteiger partial charge is 0.383 e. The molecule has 4 nitrogen and oxygen atoms in total. The van der Waals surface area contributed by atoms with Crippen molar-refractivity contribution >= 4 is 27.8 Å². The third-order valence-electron chi connectivity index (χ3n) is 3.03. The number of pyridine rings is 1. The van der Waals surface area contributed by atoms with Crippen LogP contribution in [0.15, 0.2) is 24.3 Å². The minimum atomic E-state index is 0.507. The summed E-state index contributed by atoms with van der Waals surface area (Å²) in [4.78, 5) is 13.3. The molecule has 0 aliphatic heterocycles. The summed E-state index contributed by atoms with van der Waals surface area (Å²) in [5.41, 5.74) is 8.79. The summed E-state index contributed by atoms with van der Waals surface area (Å²) in [5, 5.41) is 1.90. The van der Waals surface area contributed by atoms with Crippen molar-refractivity contribution in [3.63, 3.8) is 0 Å². The third-order valence-corrected chi connectivity index (χ3v) is 3.03. The maximum atomic E-state index is 5.97. The molecule has 0 bridgehead atoms. The van der Waals surface area contributed by atoms with Crippen LogP contribution in [0.25, 0.3) is 21.9 Å². The van der Waals surface area contributed by atoms with Crippen LogP contribution in [0.4, 0.5) is 5.82 Å². The molecular weight excluding hydrogens is 224 g/mol. The van der Waals surface area contributed by atoms with Crippen molar-refractivity contribution in [3.05, 3.63) is 35.7 Å². The van der Waals surface area contributed by atoms with Crippen molar-refractivity contribution in [2.75, 3.05) is 5.73 Å². The standard InChI is InChI=1S/C14H14N4/c1-3-12-17-13(15)10-7-9-6-8(2)4-5-11(9)16-14(10)18-12/h4-7H,3H2,1-2H3,(H2,15,16,17,18). The normalized spacial score (nSPS) is 11.2. The zero-order valence-electron chi connectivity index (χ0n) is 10.4. The minimum absolute atomic E-state index is 0.507. The number of benzene rings is 1. The second-order valence-corrected chi connectivity index (χ2v) is 4.43. The van der Waals surface area contributed by atoms with E-state index in [2.05, 4.69) is 27.9 Å². The monoisotopic (exact) mass is 238 g/mol. The number of nitrogen functional groups attached to an aromatic ring is 1. The molecule has 90 valence electrons. The van der Waals surface area contributed by atoms with E-state index in [1.807, 2.05) is 25.1 Å². The lowest BCUT2D eigenvalue weighted by Gasteiger charge is -2.05. The molecule has 3 rings (SSSR count). The second kappa shape index (κ2) is 3.91. The van der Waals surface area contributed by atoms with Crippen LogP contribution in [0, 0.1) is 6.92 Å². The first-order valence-electron chi connectivity index (χ1n) is 6.01. The van der Waals surface area contributed by atoms with Gasteiger partial charge in [0, 0.05) is 11.8 Å². The SMILES string of the molecule is CCc1nc(N)c2cc3cc(C)ccc3nc2n1. The van der Waals surface area contributed by atoms with Gasteiger partial charge < -0.3 is 5.73 Å². The number of nitrogens with zero attached hydrogens (tertiary/aromatic N) is 3. The number of rotatable bonds is 1. The van der Waals surface area contributed by atoms with Gasteiger partial charge in [-0.05, 0) is 25.1 Å². The summed E-state index contributed by atoms with van der Waals surface area (Å²) < 4.78 is 0. The van der Waals surface area contributed by atoms with Gasteiger partial charge in [-0.3, -0.25) is 0 Å². The van der Waals surface area contributed by atoms with Crippen LogP contribution in [0.5, 0.6) is 0 Å². The zero-order valence-corrected chi connectivity index (χ0v) is 10.4. The first-order valence-corrected chi connectivity index (χ1v) is 6.01. The molecule has 0 aliphatic rings. The van der Waals surface area contributed by atoms with Crippen molar-refractivity contribution in [1.82, 2.24) is 15.0 Å². The Labute approximate surface area is 105 Å². The maximum Gasteiger partial charge on any atom is 0.165 e. The highest BCUT2D eigenvalue weighted by molar-refractivity contribution is 5.95. The molecule has 0 saturated heterocycles. The van der Waals surface area contributed by atoms with Gasteiger partial charge in [0.2, 0.25) is 0 Å². The first kappa shape index (κ1) is 10.9. The van der Waals surface area contributed by atoms with Gasteiger partial charge in [0.25, 0.3) is 0 Å². The number of hydrogen-bond donors (Lipinski definition) is 1. The fourth-order valence-corrected chi connectivity index (χ4v) is 2.06. The van der Waals surface area contributed by atoms with Crippen molar-refractivity contribution in [1.29, 1.82) is 0 Å². The van der Waals surface area contributed by atoms with E-state index < -0.39 is 0 Å². The Balaban J connectivity index is 2.41. The summed E-state index contributed by atoms with van der Waals surface area (Å²) in [5.74, 6) is 1.24. The molecule has 2 heterocycles. The fourth-order valence-electron chi connectivity index (χ4n) is 2.06. The van der Waals surface area contributed by atoms with Gasteiger partial charge >= 0.3 is 0 Å². The molecule has 18 heavy (non-hydrogen) atoms. The zero-order chi connectivity index (χ0) is 12.7. The molecule has 0 aliphatic carbocycles. The summed E-state index contributed by atoms with van der Waals surface area (Å²) >= 11 is 0. The lowest BCUT2D eigenvalue weighted by atomic mass is 10.1. The van der Waals surface area contributed by atoms with Gasteiger partial charge in [0.1, 0.15) is 11.6 Å². The van der Waals surface area contributed by atoms with E-state index in [0.717, 1.165) is 28.5 Å². The number of aryl methyl sites for hydroxylation is 2. The second-order valence-electron chi connectivity index (χ2n) is 4.43. The van der Waals surface area contributed by atoms with E-state index in [0.29, 0.717) is 11.5 Å². The molecule has 0 unspecified atom stereocenters. The molecule has 3 aromatic rings. The summed E-state index contributed by atoms with van der Waals surface area (Å²) in [6, 6.07) is 8.16. The summed E-state index contributed by atoms with van der Waals surface area (Å²) in [6.07, 6.45) is 0.758. The van der Waals surface area contributed by atoms with Crippen molar-refractivity contribution in [3.8, 4) is 0 Å². The van der Waals surface area contributed by atoms with E-state index in [1.165, 1.54) is 5.56 Å². The van der Waals surface area contributed by atoms with E-state index in [1.54, 1.807) is 0 Å². The molecule has 0 atom stereocenters. The Morgan fingerprint density at radius 1 is 1.11 bits per heavy atom. The highest BCUT2D eigenvalue weighted by atomic mass is 15.0. The van der Waals surface area contributed by atoms with Gasteiger partial charge in [-0.2, -0.15) is 0 Å². The Hall–Kier alpha value is -2.23. The van der Waals surface area contributed by atoms with Crippen LogP contribution < -0.4 is 5.73 Å². The summed E-state index contributed by atoms with van der Waals surface area (Å²) in [6.45, 7) is 4.06. The molecule has 2 aromatic heterocycles. The Morgan fingerprint density at radius 3 is 2.72 bits per heavy atom. The first-order chi connectivity index (χ1) is 8.67. The lowest BCUT2D eigenvalue weighted by Crippen LogP contribution is -2.01. The highest BCUT2D eigenvalue weighted by Crippen LogP contribution is 2.22. The summed E-state index contributed by atoms with van der Waals surface area (Å²) in [7, 11) is 0. The van der Waals surface area contributed by atoms with E-state index in [-0.39, 0.29) is 0 Å². The quantitative estimate of drug-likeness (QED) is 0.662. The predicted molar refractivity (Wildman–Crippen MR) is 73.4 cm³/mol. The molecule has 1 aromatic carbocycles. The van der Waals surface area contributed by atoms with E-state index in [4.69, 9.17) is 5.73 Å². The van der Waals surface area contributed by atoms with Crippen molar-refractivity contribution < 1.29 is 0 Å². The van der Waals surface area contributed by atoms with E-state index in [9.17, 15) is 0 Å². The predicted octanol–water partition coefficient (Wildman–Crippen LogP) is 2.63. The van der Waals surface area contributed by atoms with Crippen LogP contribution in [-0.4, -0.2) is 15.0 Å². The molecular formula is C14H14N4. The molecule has 0 spiro atoms. The average molecular weight is 238 g/mol. The number of nitrogens with two attached hydrogens (primary N) is 1. The third kappa shape index (κ3) is 1.66. The number of hydrogen-bond acceptors (Lipinski definition) is 4. The molecule has 0 fully saturated rings. The smallest absolute Gasteiger partial charge is 0.165 e. The molecule has 0 saturated carbocycles. The number of anilines is 1. The molecule has 2 N–H and O–H groups in total. The maximum absolute atomic E-state index is 5.97. The fraction of sp³-hybridized carbons (Fsp3) is 0.214. The van der Waals surface area contributed by atoms with Crippen LogP contribution >= 0.6 is 0 Å². The Morgan fingerprint density at radius 2 is 1.94 bits per heavy atom. The van der Waals surface area contributed by atoms with Gasteiger partial charge in [-0.25, -0.2) is 15.0 Å². The van der Waals surface area contributed by atoms with Gasteiger partial charge in [-0.15, -0.1) is 0 Å². The molecule has 0 radical (unpaired) electrons. The van der Waals surface area contributed by atoms with Gasteiger partial charge in [0.05, 0.1) is 10.9 Å². The average Bonchev–Trinajstić information content (AvgIpc) is 2.37. The number of aromatic nitrogens is 3. The van der Waals surface area contributed by atoms with Crippen LogP contribution in [-0.2, 0) is 6.42 Å². The highest BCUT2D eigenvalue weighted by Gasteiger charge is 2.07. The van der Waals surface area contributed by atoms with Gasteiger partial charge in [-0.1, -0.05) is 18.6 Å². The molecule has 0 amide bonds. The van der Waals surface area contributed by atoms with Crippen molar-refractivity contribution in [2.24, 2.45) is 0 Å². The Bertz CT molecular complexity index is 749. The van der Waals surface area contributed by atoms with Crippen molar-refractivity contribution in [2.45, 2.75) is 20.3 Å².